The molecule has 1 aromatic rings. The van der Waals surface area contributed by atoms with Crippen LogP contribution in [0.25, 0.3) is 6.08 Å². The normalized spacial score (nSPS) is 20.0. The molecule has 1 saturated heterocycles. The lowest BCUT2D eigenvalue weighted by atomic mass is 9.78. The smallest absolute Gasteiger partial charge is 0.491 e. The molecule has 0 unspecified atom stereocenters. The van der Waals surface area contributed by atoms with Crippen molar-refractivity contribution in [3.05, 3.63) is 34.8 Å². The SMILES string of the molecule is COc1cc(C(F)(F)F)ccc1C=C(CS)B1OC(C)(C)C(C)(C)O1. The van der Waals surface area contributed by atoms with Crippen molar-refractivity contribution < 1.29 is 27.2 Å². The van der Waals surface area contributed by atoms with Crippen LogP contribution < -0.4 is 4.74 Å². The largest absolute Gasteiger partial charge is 0.496 e. The van der Waals surface area contributed by atoms with Crippen LogP contribution in [0.4, 0.5) is 13.2 Å². The molecule has 1 aliphatic rings. The average molecular weight is 374 g/mol. The van der Waals surface area contributed by atoms with Gasteiger partial charge in [-0.15, -0.1) is 0 Å². The first-order chi connectivity index (χ1) is 11.4. The molecule has 1 fully saturated rings. The Morgan fingerprint density at radius 3 is 2.20 bits per heavy atom. The number of ether oxygens (including phenoxy) is 1. The van der Waals surface area contributed by atoms with Crippen LogP contribution in [-0.4, -0.2) is 31.2 Å². The maximum absolute atomic E-state index is 12.9. The lowest BCUT2D eigenvalue weighted by Crippen LogP contribution is -2.41. The number of thiol groups is 1. The molecular weight excluding hydrogens is 352 g/mol. The molecule has 0 saturated carbocycles. The number of rotatable bonds is 4. The number of benzene rings is 1. The predicted molar refractivity (Wildman–Crippen MR) is 95.9 cm³/mol. The Labute approximate surface area is 152 Å². The van der Waals surface area contributed by atoms with Gasteiger partial charge in [0.1, 0.15) is 5.75 Å². The van der Waals surface area contributed by atoms with Crippen molar-refractivity contribution >= 4 is 25.8 Å². The summed E-state index contributed by atoms with van der Waals surface area (Å²) in [6.45, 7) is 7.73. The summed E-state index contributed by atoms with van der Waals surface area (Å²) < 4.78 is 55.7. The second kappa shape index (κ2) is 6.89. The number of halogens is 3. The first kappa shape index (κ1) is 20.2. The maximum atomic E-state index is 12.9. The molecule has 0 amide bonds. The van der Waals surface area contributed by atoms with Crippen LogP contribution in [0, 0.1) is 0 Å². The molecule has 2 rings (SSSR count). The van der Waals surface area contributed by atoms with E-state index in [1.54, 1.807) is 6.08 Å². The fourth-order valence-corrected chi connectivity index (χ4v) is 2.63. The monoisotopic (exact) mass is 374 g/mol. The summed E-state index contributed by atoms with van der Waals surface area (Å²) in [4.78, 5) is 0. The predicted octanol–water partition coefficient (Wildman–Crippen LogP) is 4.66. The van der Waals surface area contributed by atoms with Gasteiger partial charge in [-0.3, -0.25) is 0 Å². The van der Waals surface area contributed by atoms with E-state index in [1.165, 1.54) is 13.2 Å². The van der Waals surface area contributed by atoms with Crippen LogP contribution in [0.5, 0.6) is 5.75 Å². The van der Waals surface area contributed by atoms with Crippen molar-refractivity contribution in [3.8, 4) is 5.75 Å². The summed E-state index contributed by atoms with van der Waals surface area (Å²) in [6, 6.07) is 3.37. The van der Waals surface area contributed by atoms with E-state index in [2.05, 4.69) is 12.6 Å². The van der Waals surface area contributed by atoms with Crippen LogP contribution in [0.3, 0.4) is 0 Å². The molecule has 0 spiro atoms. The van der Waals surface area contributed by atoms with Gasteiger partial charge in [-0.05, 0) is 45.3 Å². The van der Waals surface area contributed by atoms with E-state index in [-0.39, 0.29) is 5.75 Å². The topological polar surface area (TPSA) is 27.7 Å². The van der Waals surface area contributed by atoms with Crippen molar-refractivity contribution in [1.29, 1.82) is 0 Å². The quantitative estimate of drug-likeness (QED) is 0.614. The van der Waals surface area contributed by atoms with E-state index in [9.17, 15) is 13.2 Å². The van der Waals surface area contributed by atoms with Gasteiger partial charge in [0.05, 0.1) is 23.9 Å². The third-order valence-corrected chi connectivity index (χ3v) is 5.01. The second-order valence-corrected chi connectivity index (χ2v) is 7.24. The van der Waals surface area contributed by atoms with Crippen molar-refractivity contribution in [2.45, 2.75) is 45.1 Å². The Morgan fingerprint density at radius 1 is 1.20 bits per heavy atom. The van der Waals surface area contributed by atoms with Gasteiger partial charge in [0.25, 0.3) is 0 Å². The van der Waals surface area contributed by atoms with E-state index < -0.39 is 30.1 Å². The molecule has 0 atom stereocenters. The van der Waals surface area contributed by atoms with Gasteiger partial charge in [0.15, 0.2) is 0 Å². The highest BCUT2D eigenvalue weighted by Crippen LogP contribution is 2.40. The van der Waals surface area contributed by atoms with Gasteiger partial charge < -0.3 is 14.0 Å². The minimum atomic E-state index is -4.42. The van der Waals surface area contributed by atoms with Crippen LogP contribution in [0.1, 0.15) is 38.8 Å². The second-order valence-electron chi connectivity index (χ2n) is 6.92. The molecule has 138 valence electrons. The summed E-state index contributed by atoms with van der Waals surface area (Å²) >= 11 is 4.32. The Morgan fingerprint density at radius 2 is 1.76 bits per heavy atom. The maximum Gasteiger partial charge on any atom is 0.491 e. The van der Waals surface area contributed by atoms with Crippen LogP contribution in [0.15, 0.2) is 23.7 Å². The van der Waals surface area contributed by atoms with Gasteiger partial charge in [-0.1, -0.05) is 12.1 Å². The summed E-state index contributed by atoms with van der Waals surface area (Å²) in [6.07, 6.45) is -2.72. The zero-order chi connectivity index (χ0) is 19.0. The number of hydrogen-bond donors (Lipinski definition) is 1. The van der Waals surface area contributed by atoms with Gasteiger partial charge in [-0.2, -0.15) is 25.8 Å². The molecule has 1 aromatic carbocycles. The molecule has 0 aliphatic carbocycles. The van der Waals surface area contributed by atoms with Crippen molar-refractivity contribution in [1.82, 2.24) is 0 Å². The highest BCUT2D eigenvalue weighted by Gasteiger charge is 2.52. The van der Waals surface area contributed by atoms with Crippen molar-refractivity contribution in [2.24, 2.45) is 0 Å². The van der Waals surface area contributed by atoms with Gasteiger partial charge in [0, 0.05) is 11.3 Å². The van der Waals surface area contributed by atoms with Crippen molar-refractivity contribution in [3.63, 3.8) is 0 Å². The molecule has 25 heavy (non-hydrogen) atoms. The first-order valence-corrected chi connectivity index (χ1v) is 8.47. The van der Waals surface area contributed by atoms with E-state index in [1.807, 2.05) is 27.7 Å². The fraction of sp³-hybridized carbons (Fsp3) is 0.529. The van der Waals surface area contributed by atoms with Gasteiger partial charge >= 0.3 is 13.3 Å². The Kier molecular flexibility index (Phi) is 5.57. The molecular formula is C17H22BF3O3S. The average Bonchev–Trinajstić information content (AvgIpc) is 2.71. The summed E-state index contributed by atoms with van der Waals surface area (Å²) in [5, 5.41) is 0. The fourth-order valence-electron chi connectivity index (χ4n) is 2.39. The van der Waals surface area contributed by atoms with E-state index in [4.69, 9.17) is 14.0 Å². The lowest BCUT2D eigenvalue weighted by molar-refractivity contribution is -0.137. The van der Waals surface area contributed by atoms with Crippen LogP contribution in [0.2, 0.25) is 0 Å². The van der Waals surface area contributed by atoms with Crippen LogP contribution >= 0.6 is 12.6 Å². The van der Waals surface area contributed by atoms with E-state index in [0.29, 0.717) is 16.8 Å². The third-order valence-electron chi connectivity index (χ3n) is 4.64. The lowest BCUT2D eigenvalue weighted by Gasteiger charge is -2.32. The van der Waals surface area contributed by atoms with Gasteiger partial charge in [-0.25, -0.2) is 0 Å². The molecule has 1 aliphatic heterocycles. The van der Waals surface area contributed by atoms with Crippen LogP contribution in [-0.2, 0) is 15.5 Å². The minimum Gasteiger partial charge on any atom is -0.496 e. The standard InChI is InChI=1S/C17H22BF3O3S/c1-15(2)16(3,4)24-18(23-15)13(10-25)8-11-6-7-12(17(19,20)21)9-14(11)22-5/h6-9,25H,10H2,1-5H3. The Bertz CT molecular complexity index is 656. The molecule has 8 heteroatoms. The molecule has 0 bridgehead atoms. The Hall–Kier alpha value is -1.12. The van der Waals surface area contributed by atoms with Crippen molar-refractivity contribution in [2.75, 3.05) is 12.9 Å². The number of hydrogen-bond acceptors (Lipinski definition) is 4. The zero-order valence-electron chi connectivity index (χ0n) is 14.9. The first-order valence-electron chi connectivity index (χ1n) is 7.83. The third kappa shape index (κ3) is 4.18. The summed E-state index contributed by atoms with van der Waals surface area (Å²) in [7, 11) is 0.719. The highest BCUT2D eigenvalue weighted by molar-refractivity contribution is 7.80. The summed E-state index contributed by atoms with van der Waals surface area (Å²) in [5.74, 6) is 0.465. The van der Waals surface area contributed by atoms with E-state index in [0.717, 1.165) is 12.1 Å². The van der Waals surface area contributed by atoms with Gasteiger partial charge in [0.2, 0.25) is 0 Å². The molecule has 0 N–H and O–H groups in total. The number of methoxy groups -OCH3 is 1. The minimum absolute atomic E-state index is 0.130. The highest BCUT2D eigenvalue weighted by atomic mass is 32.1. The molecule has 1 heterocycles. The summed E-state index contributed by atoms with van der Waals surface area (Å²) in [5.41, 5.74) is -0.563. The Balaban J connectivity index is 2.38. The number of alkyl halides is 3. The molecule has 0 radical (unpaired) electrons. The molecule has 3 nitrogen and oxygen atoms in total. The molecule has 0 aromatic heterocycles. The zero-order valence-corrected chi connectivity index (χ0v) is 15.8. The van der Waals surface area contributed by atoms with E-state index >= 15 is 0 Å².